The van der Waals surface area contributed by atoms with E-state index in [-0.39, 0.29) is 0 Å². The van der Waals surface area contributed by atoms with Gasteiger partial charge in [0.15, 0.2) is 0 Å². The highest BCUT2D eigenvalue weighted by atomic mass is 35.5. The standard InChI is InChI=1S/C30H51ClOSi/c1-22(2)10-8-11-24(4)28-17-18-29-25(12-9-19-30(28,29)5)14-15-26-20-27(16-13-23(26)3)32-33(6,7)21-31/h14-15,22,24,27-28H,8-13,16-21H2,1-7H3/b15-14+/t24-,27+,28-,30-/m1/s1. The average molecular weight is 491 g/mol. The maximum absolute atomic E-state index is 6.50. The summed E-state index contributed by atoms with van der Waals surface area (Å²) in [6, 6.07) is 0. The SMILES string of the molecule is CC1=C(/C=C/C2=C3CC[C@H]([C@H](C)CCCC(C)C)[C@@]3(C)CCC2)C[C@@H](O[Si](C)(C)CCl)CC1. The van der Waals surface area contributed by atoms with Crippen molar-refractivity contribution in [1.82, 2.24) is 0 Å². The smallest absolute Gasteiger partial charge is 0.201 e. The number of hydrogen-bond donors (Lipinski definition) is 0. The van der Waals surface area contributed by atoms with Crippen molar-refractivity contribution in [3.63, 3.8) is 0 Å². The second-order valence-corrected chi connectivity index (χ2v) is 17.6. The number of hydrogen-bond acceptors (Lipinski definition) is 1. The first-order valence-corrected chi connectivity index (χ1v) is 17.5. The first-order valence-electron chi connectivity index (χ1n) is 13.9. The Balaban J connectivity index is 1.71. The normalized spacial score (nSPS) is 30.0. The van der Waals surface area contributed by atoms with Crippen LogP contribution in [-0.2, 0) is 4.43 Å². The van der Waals surface area contributed by atoms with E-state index in [1.165, 1.54) is 56.9 Å². The maximum atomic E-state index is 6.50. The fourth-order valence-electron chi connectivity index (χ4n) is 6.99. The molecule has 3 rings (SSSR count). The summed E-state index contributed by atoms with van der Waals surface area (Å²) in [4.78, 5) is 0. The molecule has 0 spiro atoms. The van der Waals surface area contributed by atoms with Crippen LogP contribution < -0.4 is 0 Å². The molecule has 0 heterocycles. The lowest BCUT2D eigenvalue weighted by atomic mass is 9.64. The zero-order valence-electron chi connectivity index (χ0n) is 22.7. The van der Waals surface area contributed by atoms with Crippen LogP contribution in [0.15, 0.2) is 34.4 Å². The highest BCUT2D eigenvalue weighted by Gasteiger charge is 2.46. The topological polar surface area (TPSA) is 9.23 Å². The Morgan fingerprint density at radius 3 is 2.48 bits per heavy atom. The second-order valence-electron chi connectivity index (χ2n) is 12.7. The molecule has 0 aliphatic heterocycles. The fourth-order valence-corrected chi connectivity index (χ4v) is 8.34. The molecule has 0 aromatic rings. The summed E-state index contributed by atoms with van der Waals surface area (Å²) in [5.74, 6) is 2.56. The van der Waals surface area contributed by atoms with E-state index in [4.69, 9.17) is 16.0 Å². The number of allylic oxidation sites excluding steroid dienone is 5. The van der Waals surface area contributed by atoms with Gasteiger partial charge in [0.05, 0.1) is 0 Å². The minimum absolute atomic E-state index is 0.352. The Morgan fingerprint density at radius 2 is 1.79 bits per heavy atom. The van der Waals surface area contributed by atoms with Gasteiger partial charge in [-0.15, -0.1) is 11.6 Å². The van der Waals surface area contributed by atoms with E-state index in [0.717, 1.165) is 37.0 Å². The third-order valence-electron chi connectivity index (χ3n) is 9.00. The van der Waals surface area contributed by atoms with Crippen LogP contribution in [0.1, 0.15) is 105 Å². The van der Waals surface area contributed by atoms with Crippen LogP contribution in [0.2, 0.25) is 13.1 Å². The predicted molar refractivity (Wildman–Crippen MR) is 148 cm³/mol. The first kappa shape index (κ1) is 27.3. The second kappa shape index (κ2) is 11.6. The van der Waals surface area contributed by atoms with Gasteiger partial charge in [-0.3, -0.25) is 0 Å². The molecule has 4 atom stereocenters. The summed E-state index contributed by atoms with van der Waals surface area (Å²) < 4.78 is 6.50. The van der Waals surface area contributed by atoms with Gasteiger partial charge in [0.2, 0.25) is 8.32 Å². The molecule has 0 unspecified atom stereocenters. The molecule has 0 saturated heterocycles. The number of rotatable bonds is 10. The van der Waals surface area contributed by atoms with Gasteiger partial charge in [-0.05, 0) is 106 Å². The molecule has 0 bridgehead atoms. The molecular formula is C30H51ClOSi. The molecule has 3 aliphatic rings. The van der Waals surface area contributed by atoms with Crippen molar-refractivity contribution in [2.45, 2.75) is 124 Å². The van der Waals surface area contributed by atoms with E-state index in [2.05, 4.69) is 59.9 Å². The van der Waals surface area contributed by atoms with Crippen LogP contribution in [0.3, 0.4) is 0 Å². The quantitative estimate of drug-likeness (QED) is 0.218. The van der Waals surface area contributed by atoms with Crippen LogP contribution in [0.25, 0.3) is 0 Å². The third-order valence-corrected chi connectivity index (χ3v) is 12.5. The molecular weight excluding hydrogens is 440 g/mol. The van der Waals surface area contributed by atoms with Gasteiger partial charge in [-0.2, -0.15) is 0 Å². The molecule has 0 radical (unpaired) electrons. The van der Waals surface area contributed by atoms with E-state index in [9.17, 15) is 0 Å². The van der Waals surface area contributed by atoms with Crippen molar-refractivity contribution in [3.05, 3.63) is 34.4 Å². The van der Waals surface area contributed by atoms with Crippen LogP contribution >= 0.6 is 11.6 Å². The molecule has 1 saturated carbocycles. The Hall–Kier alpha value is -0.313. The van der Waals surface area contributed by atoms with Crippen molar-refractivity contribution in [3.8, 4) is 0 Å². The van der Waals surface area contributed by atoms with Gasteiger partial charge in [-0.25, -0.2) is 0 Å². The Bertz CT molecular complexity index is 761. The maximum Gasteiger partial charge on any atom is 0.201 e. The van der Waals surface area contributed by atoms with Crippen molar-refractivity contribution in [2.24, 2.45) is 23.2 Å². The van der Waals surface area contributed by atoms with Gasteiger partial charge in [0, 0.05) is 11.6 Å². The van der Waals surface area contributed by atoms with Crippen molar-refractivity contribution < 1.29 is 4.43 Å². The average Bonchev–Trinajstić information content (AvgIpc) is 3.11. The lowest BCUT2D eigenvalue weighted by Crippen LogP contribution is -2.38. The lowest BCUT2D eigenvalue weighted by Gasteiger charge is -2.40. The molecule has 0 N–H and O–H groups in total. The molecule has 3 aliphatic carbocycles. The van der Waals surface area contributed by atoms with Crippen molar-refractivity contribution in [1.29, 1.82) is 0 Å². The highest BCUT2D eigenvalue weighted by Crippen LogP contribution is 2.58. The van der Waals surface area contributed by atoms with E-state index in [1.807, 2.05) is 5.57 Å². The minimum Gasteiger partial charge on any atom is -0.413 e. The van der Waals surface area contributed by atoms with Gasteiger partial charge >= 0.3 is 0 Å². The summed E-state index contributed by atoms with van der Waals surface area (Å²) in [6.45, 7) is 16.7. The Labute approximate surface area is 211 Å². The van der Waals surface area contributed by atoms with E-state index in [1.54, 1.807) is 11.1 Å². The molecule has 0 aromatic heterocycles. The van der Waals surface area contributed by atoms with Crippen molar-refractivity contribution in [2.75, 3.05) is 5.50 Å². The number of fused-ring (bicyclic) bond motifs is 1. The number of halogens is 1. The fraction of sp³-hybridized carbons (Fsp3) is 0.800. The third kappa shape index (κ3) is 6.89. The monoisotopic (exact) mass is 490 g/mol. The van der Waals surface area contributed by atoms with Crippen LogP contribution in [0.4, 0.5) is 0 Å². The van der Waals surface area contributed by atoms with Crippen molar-refractivity contribution >= 4 is 19.9 Å². The predicted octanol–water partition coefficient (Wildman–Crippen LogP) is 9.77. The Morgan fingerprint density at radius 1 is 1.06 bits per heavy atom. The summed E-state index contributed by atoms with van der Waals surface area (Å²) >= 11 is 6.19. The zero-order chi connectivity index (χ0) is 24.2. The summed E-state index contributed by atoms with van der Waals surface area (Å²) in [7, 11) is -1.72. The zero-order valence-corrected chi connectivity index (χ0v) is 24.5. The molecule has 1 fully saturated rings. The lowest BCUT2D eigenvalue weighted by molar-refractivity contribution is 0.164. The van der Waals surface area contributed by atoms with Gasteiger partial charge in [-0.1, -0.05) is 70.3 Å². The van der Waals surface area contributed by atoms with Crippen LogP contribution in [0, 0.1) is 23.2 Å². The highest BCUT2D eigenvalue weighted by molar-refractivity contribution is 6.77. The molecule has 33 heavy (non-hydrogen) atoms. The van der Waals surface area contributed by atoms with Crippen LogP contribution in [-0.4, -0.2) is 19.9 Å². The molecule has 0 amide bonds. The van der Waals surface area contributed by atoms with Gasteiger partial charge in [0.1, 0.15) is 0 Å². The van der Waals surface area contributed by atoms with Gasteiger partial charge < -0.3 is 4.43 Å². The molecule has 0 aromatic carbocycles. The molecule has 188 valence electrons. The van der Waals surface area contributed by atoms with E-state index >= 15 is 0 Å². The first-order chi connectivity index (χ1) is 15.6. The molecule has 3 heteroatoms. The summed E-state index contributed by atoms with van der Waals surface area (Å²) in [6.07, 6.45) is 19.7. The number of alkyl halides is 1. The van der Waals surface area contributed by atoms with E-state index in [0.29, 0.717) is 17.0 Å². The summed E-state index contributed by atoms with van der Waals surface area (Å²) in [5, 5.41) is 0. The Kier molecular flexibility index (Phi) is 9.60. The largest absolute Gasteiger partial charge is 0.413 e. The van der Waals surface area contributed by atoms with E-state index < -0.39 is 8.32 Å². The minimum atomic E-state index is -1.72. The van der Waals surface area contributed by atoms with Crippen LogP contribution in [0.5, 0.6) is 0 Å². The van der Waals surface area contributed by atoms with Gasteiger partial charge in [0.25, 0.3) is 0 Å². The summed E-state index contributed by atoms with van der Waals surface area (Å²) in [5.41, 5.74) is 7.67. The molecule has 1 nitrogen and oxygen atoms in total.